The maximum atomic E-state index is 5.97. The summed E-state index contributed by atoms with van der Waals surface area (Å²) >= 11 is 8.30. The monoisotopic (exact) mass is 333 g/mol. The zero-order valence-corrected chi connectivity index (χ0v) is 11.9. The summed E-state index contributed by atoms with van der Waals surface area (Å²) in [5.41, 5.74) is 1.27. The van der Waals surface area contributed by atoms with E-state index in [0.717, 1.165) is 5.39 Å². The smallest absolute Gasteiger partial charge is 0.136 e. The van der Waals surface area contributed by atoms with Gasteiger partial charge in [-0.15, -0.1) is 0 Å². The predicted molar refractivity (Wildman–Crippen MR) is 75.6 cm³/mol. The maximum Gasteiger partial charge on any atom is 0.136 e. The Morgan fingerprint density at radius 1 is 1.13 bits per heavy atom. The average Bonchev–Trinajstić information content (AvgIpc) is 2.27. The number of nitrogens with zero attached hydrogens (tertiary/aromatic N) is 1. The molecular formula is C12H13ClIN. The van der Waals surface area contributed by atoms with Crippen molar-refractivity contribution in [1.82, 2.24) is 4.98 Å². The van der Waals surface area contributed by atoms with Crippen LogP contribution in [0.2, 0.25) is 5.15 Å². The molecule has 0 bridgehead atoms. The number of fused-ring (bicyclic) bond motifs is 1. The summed E-state index contributed by atoms with van der Waals surface area (Å²) in [6, 6.07) is 6.08. The van der Waals surface area contributed by atoms with E-state index in [1.165, 1.54) is 14.5 Å². The first-order chi connectivity index (χ1) is 7.20. The molecule has 80 valence electrons. The lowest BCUT2D eigenvalue weighted by atomic mass is 10.1. The SMILES string of the molecule is CC.Cc1ccc2c(Cl)nccc2c1I. The van der Waals surface area contributed by atoms with E-state index in [0.29, 0.717) is 5.15 Å². The standard InChI is InChI=1S/C10H7ClIN.C2H6/c1-6-2-3-8-7(9(6)12)4-5-13-10(8)11;1-2/h2-5H,1H3;1-2H3. The van der Waals surface area contributed by atoms with Crippen LogP contribution in [0, 0.1) is 10.5 Å². The minimum Gasteiger partial charge on any atom is -0.244 e. The number of rotatable bonds is 0. The minimum atomic E-state index is 0.579. The molecule has 0 unspecified atom stereocenters. The Balaban J connectivity index is 0.000000531. The van der Waals surface area contributed by atoms with E-state index in [9.17, 15) is 0 Å². The van der Waals surface area contributed by atoms with E-state index < -0.39 is 0 Å². The predicted octanol–water partition coefficient (Wildman–Crippen LogP) is 4.83. The highest BCUT2D eigenvalue weighted by molar-refractivity contribution is 14.1. The molecule has 0 aliphatic rings. The normalized spacial score (nSPS) is 9.67. The molecule has 15 heavy (non-hydrogen) atoms. The lowest BCUT2D eigenvalue weighted by Gasteiger charge is -2.04. The Labute approximate surface area is 109 Å². The lowest BCUT2D eigenvalue weighted by Crippen LogP contribution is -1.85. The van der Waals surface area contributed by atoms with Crippen molar-refractivity contribution in [3.63, 3.8) is 0 Å². The van der Waals surface area contributed by atoms with Crippen molar-refractivity contribution in [1.29, 1.82) is 0 Å². The van der Waals surface area contributed by atoms with E-state index in [1.807, 2.05) is 26.0 Å². The third-order valence-corrected chi connectivity index (χ3v) is 3.76. The van der Waals surface area contributed by atoms with Crippen LogP contribution in [0.3, 0.4) is 0 Å². The Morgan fingerprint density at radius 2 is 1.80 bits per heavy atom. The van der Waals surface area contributed by atoms with E-state index in [-0.39, 0.29) is 0 Å². The van der Waals surface area contributed by atoms with Gasteiger partial charge in [0.25, 0.3) is 0 Å². The van der Waals surface area contributed by atoms with Crippen LogP contribution in [-0.2, 0) is 0 Å². The summed E-state index contributed by atoms with van der Waals surface area (Å²) in [5.74, 6) is 0. The lowest BCUT2D eigenvalue weighted by molar-refractivity contribution is 1.35. The highest BCUT2D eigenvalue weighted by Crippen LogP contribution is 2.27. The van der Waals surface area contributed by atoms with Crippen LogP contribution in [0.1, 0.15) is 19.4 Å². The van der Waals surface area contributed by atoms with Crippen LogP contribution in [0.15, 0.2) is 24.4 Å². The van der Waals surface area contributed by atoms with Crippen molar-refractivity contribution < 1.29 is 0 Å². The van der Waals surface area contributed by atoms with Gasteiger partial charge >= 0.3 is 0 Å². The topological polar surface area (TPSA) is 12.9 Å². The highest BCUT2D eigenvalue weighted by atomic mass is 127. The average molecular weight is 334 g/mol. The Kier molecular flexibility index (Phi) is 4.80. The fourth-order valence-electron chi connectivity index (χ4n) is 1.29. The van der Waals surface area contributed by atoms with Crippen molar-refractivity contribution in [3.8, 4) is 0 Å². The Bertz CT molecular complexity index is 468. The maximum absolute atomic E-state index is 5.97. The van der Waals surface area contributed by atoms with Crippen LogP contribution in [0.5, 0.6) is 0 Å². The summed E-state index contributed by atoms with van der Waals surface area (Å²) in [5, 5.41) is 2.79. The van der Waals surface area contributed by atoms with Crippen molar-refractivity contribution in [2.24, 2.45) is 0 Å². The second kappa shape index (κ2) is 5.66. The molecule has 0 aliphatic carbocycles. The first kappa shape index (κ1) is 12.7. The van der Waals surface area contributed by atoms with Crippen molar-refractivity contribution in [2.45, 2.75) is 20.8 Å². The van der Waals surface area contributed by atoms with Gasteiger partial charge < -0.3 is 0 Å². The van der Waals surface area contributed by atoms with Gasteiger partial charge in [0.05, 0.1) is 0 Å². The number of aryl methyl sites for hydroxylation is 1. The number of hydrogen-bond acceptors (Lipinski definition) is 1. The molecule has 0 fully saturated rings. The van der Waals surface area contributed by atoms with E-state index >= 15 is 0 Å². The molecule has 0 N–H and O–H groups in total. The summed E-state index contributed by atoms with van der Waals surface area (Å²) in [6.45, 7) is 6.09. The second-order valence-electron chi connectivity index (χ2n) is 2.89. The molecular weight excluding hydrogens is 320 g/mol. The van der Waals surface area contributed by atoms with Crippen molar-refractivity contribution in [3.05, 3.63) is 38.7 Å². The molecule has 0 atom stereocenters. The van der Waals surface area contributed by atoms with Crippen LogP contribution < -0.4 is 0 Å². The summed E-state index contributed by atoms with van der Waals surface area (Å²) in [7, 11) is 0. The van der Waals surface area contributed by atoms with Gasteiger partial charge in [-0.2, -0.15) is 0 Å². The van der Waals surface area contributed by atoms with E-state index in [2.05, 4.69) is 40.6 Å². The first-order valence-corrected chi connectivity index (χ1v) is 6.35. The molecule has 1 aromatic heterocycles. The highest BCUT2D eigenvalue weighted by Gasteiger charge is 2.04. The van der Waals surface area contributed by atoms with Gasteiger partial charge in [-0.05, 0) is 46.5 Å². The van der Waals surface area contributed by atoms with Crippen LogP contribution in [0.25, 0.3) is 10.8 Å². The van der Waals surface area contributed by atoms with Gasteiger partial charge in [-0.1, -0.05) is 37.6 Å². The van der Waals surface area contributed by atoms with E-state index in [1.54, 1.807) is 6.20 Å². The zero-order valence-electron chi connectivity index (χ0n) is 9.01. The molecule has 0 spiro atoms. The fourth-order valence-corrected chi connectivity index (χ4v) is 2.16. The van der Waals surface area contributed by atoms with Crippen molar-refractivity contribution in [2.75, 3.05) is 0 Å². The Hall–Kier alpha value is -0.350. The fraction of sp³-hybridized carbons (Fsp3) is 0.250. The third-order valence-electron chi connectivity index (χ3n) is 2.02. The zero-order chi connectivity index (χ0) is 11.4. The number of aromatic nitrogens is 1. The molecule has 0 saturated heterocycles. The molecule has 0 radical (unpaired) electrons. The molecule has 1 aromatic carbocycles. The largest absolute Gasteiger partial charge is 0.244 e. The number of benzene rings is 1. The van der Waals surface area contributed by atoms with Gasteiger partial charge in [0, 0.05) is 15.2 Å². The Morgan fingerprint density at radius 3 is 2.47 bits per heavy atom. The summed E-state index contributed by atoms with van der Waals surface area (Å²) in [6.07, 6.45) is 1.74. The van der Waals surface area contributed by atoms with Gasteiger partial charge in [0.1, 0.15) is 5.15 Å². The summed E-state index contributed by atoms with van der Waals surface area (Å²) < 4.78 is 1.25. The van der Waals surface area contributed by atoms with Gasteiger partial charge in [0.2, 0.25) is 0 Å². The molecule has 1 nitrogen and oxygen atoms in total. The third kappa shape index (κ3) is 2.61. The molecule has 2 rings (SSSR count). The summed E-state index contributed by atoms with van der Waals surface area (Å²) in [4.78, 5) is 4.04. The first-order valence-electron chi connectivity index (χ1n) is 4.89. The number of hydrogen-bond donors (Lipinski definition) is 0. The van der Waals surface area contributed by atoms with Crippen LogP contribution in [0.4, 0.5) is 0 Å². The number of pyridine rings is 1. The van der Waals surface area contributed by atoms with Gasteiger partial charge in [-0.25, -0.2) is 4.98 Å². The second-order valence-corrected chi connectivity index (χ2v) is 4.33. The molecule has 1 heterocycles. The molecule has 3 heteroatoms. The number of halogens is 2. The van der Waals surface area contributed by atoms with Gasteiger partial charge in [-0.3, -0.25) is 0 Å². The quantitative estimate of drug-likeness (QED) is 0.497. The van der Waals surface area contributed by atoms with E-state index in [4.69, 9.17) is 11.6 Å². The van der Waals surface area contributed by atoms with Crippen LogP contribution in [-0.4, -0.2) is 4.98 Å². The van der Waals surface area contributed by atoms with Crippen molar-refractivity contribution >= 4 is 45.0 Å². The molecule has 2 aromatic rings. The van der Waals surface area contributed by atoms with Crippen LogP contribution >= 0.6 is 34.2 Å². The molecule has 0 saturated carbocycles. The molecule has 0 aliphatic heterocycles. The molecule has 0 amide bonds. The van der Waals surface area contributed by atoms with Gasteiger partial charge in [0.15, 0.2) is 0 Å². The minimum absolute atomic E-state index is 0.579.